The number of primary amides is 1. The molecule has 3 heterocycles. The SMILES string of the molecule is CN(c1ncccn1)c1cc(Nc2ccc(C3CCOCC3)cc2)ncc1C(N)=O. The van der Waals surface area contributed by atoms with Crippen LogP contribution in [-0.4, -0.2) is 41.1 Å². The molecule has 8 heteroatoms. The number of nitrogens with two attached hydrogens (primary N) is 1. The monoisotopic (exact) mass is 404 g/mol. The number of nitrogens with one attached hydrogen (secondary N) is 1. The zero-order valence-corrected chi connectivity index (χ0v) is 16.8. The molecule has 1 fully saturated rings. The number of benzene rings is 1. The molecule has 0 spiro atoms. The predicted octanol–water partition coefficient (Wildman–Crippen LogP) is 3.38. The first-order valence-electron chi connectivity index (χ1n) is 9.87. The first-order valence-corrected chi connectivity index (χ1v) is 9.87. The molecule has 1 amide bonds. The summed E-state index contributed by atoms with van der Waals surface area (Å²) in [6, 6.07) is 11.9. The minimum absolute atomic E-state index is 0.297. The van der Waals surface area contributed by atoms with Gasteiger partial charge in [0.15, 0.2) is 0 Å². The van der Waals surface area contributed by atoms with Crippen molar-refractivity contribution in [3.8, 4) is 0 Å². The molecule has 1 aliphatic heterocycles. The first kappa shape index (κ1) is 19.8. The van der Waals surface area contributed by atoms with Crippen molar-refractivity contribution in [3.05, 3.63) is 66.1 Å². The number of pyridine rings is 1. The van der Waals surface area contributed by atoms with Crippen molar-refractivity contribution in [1.29, 1.82) is 0 Å². The van der Waals surface area contributed by atoms with E-state index in [4.69, 9.17) is 10.5 Å². The van der Waals surface area contributed by atoms with Crippen molar-refractivity contribution in [2.75, 3.05) is 30.5 Å². The Morgan fingerprint density at radius 1 is 1.13 bits per heavy atom. The second kappa shape index (κ2) is 8.87. The molecule has 0 saturated carbocycles. The number of rotatable bonds is 6. The van der Waals surface area contributed by atoms with Crippen LogP contribution in [0.5, 0.6) is 0 Å². The highest BCUT2D eigenvalue weighted by molar-refractivity contribution is 5.99. The Labute approximate surface area is 175 Å². The van der Waals surface area contributed by atoms with Gasteiger partial charge in [-0.3, -0.25) is 4.79 Å². The van der Waals surface area contributed by atoms with Gasteiger partial charge in [0.25, 0.3) is 5.91 Å². The van der Waals surface area contributed by atoms with Gasteiger partial charge in [-0.15, -0.1) is 0 Å². The summed E-state index contributed by atoms with van der Waals surface area (Å²) >= 11 is 0. The number of anilines is 4. The van der Waals surface area contributed by atoms with E-state index in [1.807, 2.05) is 12.1 Å². The number of hydrogen-bond acceptors (Lipinski definition) is 7. The standard InChI is InChI=1S/C22H24N6O2/c1-28(22-24-9-2-10-25-22)19-13-20(26-14-18(19)21(23)29)27-17-5-3-15(4-6-17)16-7-11-30-12-8-16/h2-6,9-10,13-14,16H,7-8,11-12H2,1H3,(H2,23,29)(H,26,27). The van der Waals surface area contributed by atoms with Crippen molar-refractivity contribution < 1.29 is 9.53 Å². The Balaban J connectivity index is 1.56. The van der Waals surface area contributed by atoms with Gasteiger partial charge in [-0.25, -0.2) is 15.0 Å². The van der Waals surface area contributed by atoms with Crippen LogP contribution in [-0.2, 0) is 4.74 Å². The third-order valence-corrected chi connectivity index (χ3v) is 5.24. The zero-order valence-electron chi connectivity index (χ0n) is 16.8. The average molecular weight is 404 g/mol. The van der Waals surface area contributed by atoms with Crippen molar-refractivity contribution in [2.24, 2.45) is 5.73 Å². The van der Waals surface area contributed by atoms with E-state index >= 15 is 0 Å². The molecular weight excluding hydrogens is 380 g/mol. The molecule has 3 N–H and O–H groups in total. The van der Waals surface area contributed by atoms with Crippen LogP contribution in [0.1, 0.15) is 34.7 Å². The molecule has 0 radical (unpaired) electrons. The molecule has 0 bridgehead atoms. The van der Waals surface area contributed by atoms with Crippen molar-refractivity contribution in [1.82, 2.24) is 15.0 Å². The van der Waals surface area contributed by atoms with E-state index in [-0.39, 0.29) is 0 Å². The number of hydrogen-bond donors (Lipinski definition) is 2. The maximum Gasteiger partial charge on any atom is 0.252 e. The number of ether oxygens (including phenoxy) is 1. The first-order chi connectivity index (χ1) is 14.6. The van der Waals surface area contributed by atoms with Gasteiger partial charge in [0, 0.05) is 50.6 Å². The Bertz CT molecular complexity index is 1000. The van der Waals surface area contributed by atoms with Crippen LogP contribution in [0.3, 0.4) is 0 Å². The van der Waals surface area contributed by atoms with Crippen LogP contribution < -0.4 is 16.0 Å². The van der Waals surface area contributed by atoms with Gasteiger partial charge in [-0.2, -0.15) is 0 Å². The summed E-state index contributed by atoms with van der Waals surface area (Å²) in [6.45, 7) is 1.64. The van der Waals surface area contributed by atoms with Gasteiger partial charge in [0.1, 0.15) is 5.82 Å². The summed E-state index contributed by atoms with van der Waals surface area (Å²) in [5.74, 6) is 1.04. The maximum absolute atomic E-state index is 11.9. The normalized spacial score (nSPS) is 14.3. The lowest BCUT2D eigenvalue weighted by Gasteiger charge is -2.22. The van der Waals surface area contributed by atoms with Crippen LogP contribution in [0.25, 0.3) is 0 Å². The zero-order chi connectivity index (χ0) is 20.9. The largest absolute Gasteiger partial charge is 0.381 e. The number of nitrogens with zero attached hydrogens (tertiary/aromatic N) is 4. The van der Waals surface area contributed by atoms with E-state index in [2.05, 4.69) is 32.4 Å². The van der Waals surface area contributed by atoms with Crippen molar-refractivity contribution >= 4 is 29.0 Å². The van der Waals surface area contributed by atoms with E-state index in [0.717, 1.165) is 31.7 Å². The van der Waals surface area contributed by atoms with Gasteiger partial charge in [-0.05, 0) is 42.5 Å². The van der Waals surface area contributed by atoms with Gasteiger partial charge in [0.05, 0.1) is 11.3 Å². The number of amides is 1. The van der Waals surface area contributed by atoms with Gasteiger partial charge in [-0.1, -0.05) is 12.1 Å². The van der Waals surface area contributed by atoms with E-state index in [9.17, 15) is 4.79 Å². The lowest BCUT2D eigenvalue weighted by atomic mass is 9.92. The molecule has 1 aliphatic rings. The number of aromatic nitrogens is 3. The summed E-state index contributed by atoms with van der Waals surface area (Å²) in [5, 5.41) is 3.29. The Morgan fingerprint density at radius 2 is 1.83 bits per heavy atom. The molecule has 2 aromatic heterocycles. The van der Waals surface area contributed by atoms with E-state index in [1.54, 1.807) is 36.5 Å². The van der Waals surface area contributed by atoms with Crippen LogP contribution in [0.15, 0.2) is 55.0 Å². The fourth-order valence-electron chi connectivity index (χ4n) is 3.57. The quantitative estimate of drug-likeness (QED) is 0.649. The fourth-order valence-corrected chi connectivity index (χ4v) is 3.57. The summed E-state index contributed by atoms with van der Waals surface area (Å²) in [7, 11) is 1.78. The van der Waals surface area contributed by atoms with E-state index in [0.29, 0.717) is 28.9 Å². The topological polar surface area (TPSA) is 106 Å². The minimum Gasteiger partial charge on any atom is -0.381 e. The molecule has 0 aliphatic carbocycles. The molecule has 30 heavy (non-hydrogen) atoms. The summed E-state index contributed by atoms with van der Waals surface area (Å²) in [5.41, 5.74) is 8.65. The maximum atomic E-state index is 11.9. The Morgan fingerprint density at radius 3 is 2.50 bits per heavy atom. The van der Waals surface area contributed by atoms with E-state index in [1.165, 1.54) is 11.8 Å². The number of carbonyl (C=O) groups is 1. The molecule has 0 unspecified atom stereocenters. The molecular formula is C22H24N6O2. The highest BCUT2D eigenvalue weighted by Gasteiger charge is 2.18. The van der Waals surface area contributed by atoms with Gasteiger partial charge >= 0.3 is 0 Å². The van der Waals surface area contributed by atoms with Crippen molar-refractivity contribution in [2.45, 2.75) is 18.8 Å². The molecule has 1 saturated heterocycles. The highest BCUT2D eigenvalue weighted by atomic mass is 16.5. The average Bonchev–Trinajstić information content (AvgIpc) is 2.80. The Kier molecular flexibility index (Phi) is 5.85. The third-order valence-electron chi connectivity index (χ3n) is 5.24. The summed E-state index contributed by atoms with van der Waals surface area (Å²) in [6.07, 6.45) is 6.86. The minimum atomic E-state index is -0.562. The van der Waals surface area contributed by atoms with E-state index < -0.39 is 5.91 Å². The van der Waals surface area contributed by atoms with Crippen LogP contribution in [0.4, 0.5) is 23.1 Å². The van der Waals surface area contributed by atoms with Crippen LogP contribution in [0.2, 0.25) is 0 Å². The molecule has 8 nitrogen and oxygen atoms in total. The van der Waals surface area contributed by atoms with Gasteiger partial charge < -0.3 is 20.7 Å². The van der Waals surface area contributed by atoms with Gasteiger partial charge in [0.2, 0.25) is 5.95 Å². The summed E-state index contributed by atoms with van der Waals surface area (Å²) < 4.78 is 5.45. The molecule has 154 valence electrons. The highest BCUT2D eigenvalue weighted by Crippen LogP contribution is 2.30. The smallest absolute Gasteiger partial charge is 0.252 e. The predicted molar refractivity (Wildman–Crippen MR) is 115 cm³/mol. The van der Waals surface area contributed by atoms with Crippen LogP contribution >= 0.6 is 0 Å². The molecule has 3 aromatic rings. The number of carbonyl (C=O) groups excluding carboxylic acids is 1. The lowest BCUT2D eigenvalue weighted by molar-refractivity contribution is 0.0853. The fraction of sp³-hybridized carbons (Fsp3) is 0.273. The molecule has 0 atom stereocenters. The molecule has 4 rings (SSSR count). The van der Waals surface area contributed by atoms with Crippen molar-refractivity contribution in [3.63, 3.8) is 0 Å². The van der Waals surface area contributed by atoms with Crippen LogP contribution in [0, 0.1) is 0 Å². The lowest BCUT2D eigenvalue weighted by Crippen LogP contribution is -2.20. The second-order valence-electron chi connectivity index (χ2n) is 7.19. The third kappa shape index (κ3) is 4.38. The summed E-state index contributed by atoms with van der Waals surface area (Å²) in [4.78, 5) is 26.4. The second-order valence-corrected chi connectivity index (χ2v) is 7.19. The Hall–Kier alpha value is -3.52. The molecule has 1 aromatic carbocycles.